The van der Waals surface area contributed by atoms with Gasteiger partial charge in [-0.2, -0.15) is 4.31 Å². The molecule has 2 aliphatic heterocycles. The molecule has 0 spiro atoms. The summed E-state index contributed by atoms with van der Waals surface area (Å²) in [5.41, 5.74) is 1.69. The van der Waals surface area contributed by atoms with Crippen molar-refractivity contribution in [1.82, 2.24) is 9.21 Å². The fraction of sp³-hybridized carbons (Fsp3) is 0.652. The molecule has 2 heterocycles. The summed E-state index contributed by atoms with van der Waals surface area (Å²) in [6.45, 7) is 5.64. The summed E-state index contributed by atoms with van der Waals surface area (Å²) in [4.78, 5) is 29.9. The summed E-state index contributed by atoms with van der Waals surface area (Å²) >= 11 is 0. The largest absolute Gasteiger partial charge is 0.339 e. The Hall–Kier alpha value is -1.93. The van der Waals surface area contributed by atoms with Crippen molar-refractivity contribution in [3.63, 3.8) is 0 Å². The standard InChI is InChI=1S/C23H33N3O4S/c1-3-24(4-2)31(29,30)20-11-12-21-17(14-20)8-7-13-25(21)23(28)18-15-22(27)26(16-18)19-9-5-6-10-19/h11-12,14,18-19H,3-10,13,15-16H2,1-2H3. The molecule has 170 valence electrons. The molecule has 7 nitrogen and oxygen atoms in total. The molecule has 8 heteroatoms. The van der Waals surface area contributed by atoms with Crippen LogP contribution < -0.4 is 4.90 Å². The number of fused-ring (bicyclic) bond motifs is 1. The van der Waals surface area contributed by atoms with Gasteiger partial charge < -0.3 is 9.80 Å². The maximum atomic E-state index is 13.4. The van der Waals surface area contributed by atoms with Crippen molar-refractivity contribution in [1.29, 1.82) is 0 Å². The normalized spacial score (nSPS) is 22.4. The van der Waals surface area contributed by atoms with Crippen molar-refractivity contribution >= 4 is 27.5 Å². The minimum atomic E-state index is -3.53. The van der Waals surface area contributed by atoms with Gasteiger partial charge in [0.25, 0.3) is 0 Å². The van der Waals surface area contributed by atoms with Crippen LogP contribution in [0.2, 0.25) is 0 Å². The zero-order chi connectivity index (χ0) is 22.2. The summed E-state index contributed by atoms with van der Waals surface area (Å²) < 4.78 is 27.3. The maximum Gasteiger partial charge on any atom is 0.243 e. The Morgan fingerprint density at radius 3 is 2.52 bits per heavy atom. The van der Waals surface area contributed by atoms with Gasteiger partial charge in [0.15, 0.2) is 0 Å². The molecule has 2 fully saturated rings. The van der Waals surface area contributed by atoms with E-state index in [1.165, 1.54) is 4.31 Å². The van der Waals surface area contributed by atoms with E-state index >= 15 is 0 Å². The molecule has 1 aromatic carbocycles. The van der Waals surface area contributed by atoms with E-state index in [-0.39, 0.29) is 29.0 Å². The Labute approximate surface area is 185 Å². The Morgan fingerprint density at radius 2 is 1.84 bits per heavy atom. The molecule has 1 saturated heterocycles. The van der Waals surface area contributed by atoms with Gasteiger partial charge in [0, 0.05) is 44.3 Å². The van der Waals surface area contributed by atoms with Crippen LogP contribution in [-0.2, 0) is 26.0 Å². The summed E-state index contributed by atoms with van der Waals surface area (Å²) in [5.74, 6) is -0.213. The molecular weight excluding hydrogens is 414 g/mol. The van der Waals surface area contributed by atoms with Gasteiger partial charge in [0.1, 0.15) is 0 Å². The number of sulfonamides is 1. The summed E-state index contributed by atoms with van der Waals surface area (Å²) in [6.07, 6.45) is 6.23. The van der Waals surface area contributed by atoms with Crippen LogP contribution in [0.5, 0.6) is 0 Å². The van der Waals surface area contributed by atoms with E-state index < -0.39 is 10.0 Å². The topological polar surface area (TPSA) is 78.0 Å². The first kappa shape index (κ1) is 22.3. The first-order valence-electron chi connectivity index (χ1n) is 11.6. The van der Waals surface area contributed by atoms with Crippen LogP contribution in [0.1, 0.15) is 57.9 Å². The lowest BCUT2D eigenvalue weighted by molar-refractivity contribution is -0.130. The lowest BCUT2D eigenvalue weighted by Crippen LogP contribution is -2.41. The highest BCUT2D eigenvalue weighted by molar-refractivity contribution is 7.89. The highest BCUT2D eigenvalue weighted by Gasteiger charge is 2.41. The SMILES string of the molecule is CCN(CC)S(=O)(=O)c1ccc2c(c1)CCCN2C(=O)C1CC(=O)N(C2CCCC2)C1. The number of amides is 2. The number of carbonyl (C=O) groups is 2. The number of anilines is 1. The number of hydrogen-bond acceptors (Lipinski definition) is 4. The number of benzene rings is 1. The van der Waals surface area contributed by atoms with Crippen molar-refractivity contribution in [3.05, 3.63) is 23.8 Å². The minimum Gasteiger partial charge on any atom is -0.339 e. The van der Waals surface area contributed by atoms with Crippen LogP contribution in [0.4, 0.5) is 5.69 Å². The quantitative estimate of drug-likeness (QED) is 0.672. The number of rotatable bonds is 6. The molecule has 1 aliphatic carbocycles. The smallest absolute Gasteiger partial charge is 0.243 e. The summed E-state index contributed by atoms with van der Waals surface area (Å²) in [6, 6.07) is 5.41. The number of carbonyl (C=O) groups excluding carboxylic acids is 2. The average Bonchev–Trinajstić information content (AvgIpc) is 3.42. The van der Waals surface area contributed by atoms with E-state index in [4.69, 9.17) is 0 Å². The summed E-state index contributed by atoms with van der Waals surface area (Å²) in [5, 5.41) is 0. The van der Waals surface area contributed by atoms with Crippen LogP contribution in [0, 0.1) is 5.92 Å². The number of hydrogen-bond donors (Lipinski definition) is 0. The highest BCUT2D eigenvalue weighted by atomic mass is 32.2. The van der Waals surface area contributed by atoms with E-state index in [1.54, 1.807) is 23.1 Å². The molecule has 2 amide bonds. The van der Waals surface area contributed by atoms with Gasteiger partial charge in [-0.05, 0) is 49.4 Å². The van der Waals surface area contributed by atoms with E-state index in [9.17, 15) is 18.0 Å². The van der Waals surface area contributed by atoms with Crippen LogP contribution in [0.3, 0.4) is 0 Å². The van der Waals surface area contributed by atoms with Crippen molar-refractivity contribution in [3.8, 4) is 0 Å². The second-order valence-corrected chi connectivity index (χ2v) is 10.8. The number of likely N-dealkylation sites (tertiary alicyclic amines) is 1. The number of nitrogens with zero attached hydrogens (tertiary/aromatic N) is 3. The van der Waals surface area contributed by atoms with Gasteiger partial charge in [-0.15, -0.1) is 0 Å². The second kappa shape index (κ2) is 8.90. The summed E-state index contributed by atoms with van der Waals surface area (Å²) in [7, 11) is -3.53. The third-order valence-electron chi connectivity index (χ3n) is 7.05. The van der Waals surface area contributed by atoms with Gasteiger partial charge in [0.2, 0.25) is 21.8 Å². The molecule has 0 aromatic heterocycles. The first-order chi connectivity index (χ1) is 14.9. The average molecular weight is 448 g/mol. The Morgan fingerprint density at radius 1 is 1.13 bits per heavy atom. The van der Waals surface area contributed by atoms with Crippen LogP contribution in [0.15, 0.2) is 23.1 Å². The van der Waals surface area contributed by atoms with E-state index in [0.717, 1.165) is 49.8 Å². The molecule has 4 rings (SSSR count). The molecule has 0 N–H and O–H groups in total. The molecule has 3 aliphatic rings. The third kappa shape index (κ3) is 4.12. The van der Waals surface area contributed by atoms with Crippen molar-refractivity contribution < 1.29 is 18.0 Å². The fourth-order valence-corrected chi connectivity index (χ4v) is 6.87. The first-order valence-corrected chi connectivity index (χ1v) is 13.0. The lowest BCUT2D eigenvalue weighted by Gasteiger charge is -2.32. The molecule has 0 radical (unpaired) electrons. The predicted molar refractivity (Wildman–Crippen MR) is 119 cm³/mol. The van der Waals surface area contributed by atoms with Crippen LogP contribution >= 0.6 is 0 Å². The maximum absolute atomic E-state index is 13.4. The van der Waals surface area contributed by atoms with Crippen molar-refractivity contribution in [2.75, 3.05) is 31.1 Å². The van der Waals surface area contributed by atoms with Crippen LogP contribution in [-0.4, -0.2) is 61.7 Å². The van der Waals surface area contributed by atoms with Gasteiger partial charge in [-0.3, -0.25) is 9.59 Å². The molecular formula is C23H33N3O4S. The predicted octanol–water partition coefficient (Wildman–Crippen LogP) is 2.79. The monoisotopic (exact) mass is 447 g/mol. The van der Waals surface area contributed by atoms with Gasteiger partial charge in [-0.25, -0.2) is 8.42 Å². The second-order valence-electron chi connectivity index (χ2n) is 8.86. The molecule has 1 unspecified atom stereocenters. The Balaban J connectivity index is 1.54. The molecule has 0 bridgehead atoms. The zero-order valence-corrected chi connectivity index (χ0v) is 19.4. The molecule has 31 heavy (non-hydrogen) atoms. The Bertz CT molecular complexity index is 952. The zero-order valence-electron chi connectivity index (χ0n) is 18.5. The van der Waals surface area contributed by atoms with Crippen molar-refractivity contribution in [2.24, 2.45) is 5.92 Å². The highest BCUT2D eigenvalue weighted by Crippen LogP contribution is 2.34. The van der Waals surface area contributed by atoms with E-state index in [0.29, 0.717) is 32.2 Å². The fourth-order valence-electron chi connectivity index (χ4n) is 5.36. The molecule has 1 saturated carbocycles. The van der Waals surface area contributed by atoms with Crippen LogP contribution in [0.25, 0.3) is 0 Å². The van der Waals surface area contributed by atoms with E-state index in [1.807, 2.05) is 18.7 Å². The third-order valence-corrected chi connectivity index (χ3v) is 9.10. The van der Waals surface area contributed by atoms with Gasteiger partial charge in [0.05, 0.1) is 10.8 Å². The lowest BCUT2D eigenvalue weighted by atomic mass is 9.99. The minimum absolute atomic E-state index is 0.00542. The van der Waals surface area contributed by atoms with Gasteiger partial charge >= 0.3 is 0 Å². The Kier molecular flexibility index (Phi) is 6.40. The molecule has 1 aromatic rings. The van der Waals surface area contributed by atoms with E-state index in [2.05, 4.69) is 0 Å². The van der Waals surface area contributed by atoms with Gasteiger partial charge in [-0.1, -0.05) is 26.7 Å². The number of aryl methyl sites for hydroxylation is 1. The molecule has 1 atom stereocenters. The van der Waals surface area contributed by atoms with Crippen molar-refractivity contribution in [2.45, 2.75) is 69.7 Å².